The molecular formula is C11H13ClINO. The van der Waals surface area contributed by atoms with E-state index in [-0.39, 0.29) is 6.10 Å². The fourth-order valence-corrected chi connectivity index (χ4v) is 2.68. The minimum Gasteiger partial charge on any atom is -0.393 e. The van der Waals surface area contributed by atoms with E-state index in [1.165, 1.54) is 9.26 Å². The Morgan fingerprint density at radius 1 is 1.33 bits per heavy atom. The van der Waals surface area contributed by atoms with Gasteiger partial charge in [0.15, 0.2) is 0 Å². The number of anilines is 1. The maximum atomic E-state index is 9.44. The second kappa shape index (κ2) is 4.89. The number of hydrogen-bond acceptors (Lipinski definition) is 2. The summed E-state index contributed by atoms with van der Waals surface area (Å²) in [4.78, 5) is 2.29. The summed E-state index contributed by atoms with van der Waals surface area (Å²) in [6.07, 6.45) is 1.57. The van der Waals surface area contributed by atoms with Crippen molar-refractivity contribution in [3.05, 3.63) is 26.8 Å². The van der Waals surface area contributed by atoms with Crippen molar-refractivity contribution in [2.75, 3.05) is 18.0 Å². The zero-order valence-corrected chi connectivity index (χ0v) is 11.2. The van der Waals surface area contributed by atoms with E-state index >= 15 is 0 Å². The number of aliphatic hydroxyl groups is 1. The molecule has 0 spiro atoms. The maximum absolute atomic E-state index is 9.44. The van der Waals surface area contributed by atoms with Crippen LogP contribution >= 0.6 is 34.2 Å². The van der Waals surface area contributed by atoms with Gasteiger partial charge in [0.1, 0.15) is 0 Å². The Balaban J connectivity index is 2.18. The molecule has 0 saturated carbocycles. The molecule has 1 aliphatic heterocycles. The number of piperidine rings is 1. The number of benzene rings is 1. The zero-order valence-electron chi connectivity index (χ0n) is 8.29. The average Bonchev–Trinajstić information content (AvgIpc) is 2.23. The molecule has 0 atom stereocenters. The molecule has 4 heteroatoms. The highest BCUT2D eigenvalue weighted by Gasteiger charge is 2.18. The minimum absolute atomic E-state index is 0.127. The molecule has 0 amide bonds. The Morgan fingerprint density at radius 2 is 2.00 bits per heavy atom. The van der Waals surface area contributed by atoms with Crippen LogP contribution in [0.3, 0.4) is 0 Å². The second-order valence-electron chi connectivity index (χ2n) is 3.81. The summed E-state index contributed by atoms with van der Waals surface area (Å²) < 4.78 is 1.22. The Bertz CT molecular complexity index is 350. The van der Waals surface area contributed by atoms with Crippen molar-refractivity contribution in [3.63, 3.8) is 0 Å². The third-order valence-electron chi connectivity index (χ3n) is 2.71. The van der Waals surface area contributed by atoms with Crippen molar-refractivity contribution < 1.29 is 5.11 Å². The lowest BCUT2D eigenvalue weighted by atomic mass is 10.1. The standard InChI is InChI=1S/C11H13ClINO/c12-8-1-2-10(13)11(7-8)14-5-3-9(15)4-6-14/h1-2,7,9,15H,3-6H2. The lowest BCUT2D eigenvalue weighted by Gasteiger charge is -2.32. The van der Waals surface area contributed by atoms with Gasteiger partial charge >= 0.3 is 0 Å². The van der Waals surface area contributed by atoms with Crippen LogP contribution < -0.4 is 4.90 Å². The van der Waals surface area contributed by atoms with Crippen LogP contribution in [0.15, 0.2) is 18.2 Å². The van der Waals surface area contributed by atoms with E-state index in [2.05, 4.69) is 27.5 Å². The summed E-state index contributed by atoms with van der Waals surface area (Å²) in [7, 11) is 0. The third-order valence-corrected chi connectivity index (χ3v) is 3.86. The number of hydrogen-bond donors (Lipinski definition) is 1. The molecule has 1 heterocycles. The summed E-state index contributed by atoms with van der Waals surface area (Å²) >= 11 is 8.31. The SMILES string of the molecule is OC1CCN(c2cc(Cl)ccc2I)CC1. The van der Waals surface area contributed by atoms with Crippen molar-refractivity contribution in [2.45, 2.75) is 18.9 Å². The monoisotopic (exact) mass is 337 g/mol. The highest BCUT2D eigenvalue weighted by atomic mass is 127. The average molecular weight is 338 g/mol. The smallest absolute Gasteiger partial charge is 0.0574 e. The van der Waals surface area contributed by atoms with Crippen LogP contribution in [-0.4, -0.2) is 24.3 Å². The molecule has 1 aliphatic rings. The van der Waals surface area contributed by atoms with Gasteiger partial charge in [-0.15, -0.1) is 0 Å². The van der Waals surface area contributed by atoms with Crippen molar-refractivity contribution in [2.24, 2.45) is 0 Å². The molecule has 1 fully saturated rings. The maximum Gasteiger partial charge on any atom is 0.0574 e. The number of aliphatic hydroxyl groups excluding tert-OH is 1. The Labute approximate surface area is 108 Å². The van der Waals surface area contributed by atoms with E-state index < -0.39 is 0 Å². The normalized spacial score (nSPS) is 18.2. The summed E-state index contributed by atoms with van der Waals surface area (Å²) in [5.74, 6) is 0. The quantitative estimate of drug-likeness (QED) is 0.797. The molecule has 82 valence electrons. The van der Waals surface area contributed by atoms with Gasteiger partial charge in [-0.25, -0.2) is 0 Å². The lowest BCUT2D eigenvalue weighted by Crippen LogP contribution is -2.36. The number of rotatable bonds is 1. The van der Waals surface area contributed by atoms with E-state index in [1.807, 2.05) is 18.2 Å². The van der Waals surface area contributed by atoms with Gasteiger partial charge in [-0.1, -0.05) is 11.6 Å². The van der Waals surface area contributed by atoms with Crippen molar-refractivity contribution in [1.29, 1.82) is 0 Å². The van der Waals surface area contributed by atoms with Gasteiger partial charge in [0, 0.05) is 21.7 Å². The van der Waals surface area contributed by atoms with Gasteiger partial charge in [-0.05, 0) is 53.6 Å². The van der Waals surface area contributed by atoms with Gasteiger partial charge in [-0.3, -0.25) is 0 Å². The van der Waals surface area contributed by atoms with E-state index in [0.29, 0.717) is 0 Å². The summed E-state index contributed by atoms with van der Waals surface area (Å²) in [6, 6.07) is 5.94. The molecule has 1 N–H and O–H groups in total. The van der Waals surface area contributed by atoms with Gasteiger partial charge in [0.25, 0.3) is 0 Å². The zero-order chi connectivity index (χ0) is 10.8. The summed E-state index contributed by atoms with van der Waals surface area (Å²) in [6.45, 7) is 1.83. The fourth-order valence-electron chi connectivity index (χ4n) is 1.83. The summed E-state index contributed by atoms with van der Waals surface area (Å²) in [5.41, 5.74) is 1.19. The van der Waals surface area contributed by atoms with E-state index in [0.717, 1.165) is 31.0 Å². The molecule has 0 bridgehead atoms. The first-order valence-corrected chi connectivity index (χ1v) is 6.50. The Kier molecular flexibility index (Phi) is 3.74. The predicted octanol–water partition coefficient (Wildman–Crippen LogP) is 2.91. The molecule has 0 radical (unpaired) electrons. The van der Waals surface area contributed by atoms with Gasteiger partial charge in [-0.2, -0.15) is 0 Å². The number of halogens is 2. The largest absolute Gasteiger partial charge is 0.393 e. The third kappa shape index (κ3) is 2.77. The molecule has 1 aromatic rings. The molecule has 0 aromatic heterocycles. The van der Waals surface area contributed by atoms with E-state index in [4.69, 9.17) is 11.6 Å². The lowest BCUT2D eigenvalue weighted by molar-refractivity contribution is 0.145. The summed E-state index contributed by atoms with van der Waals surface area (Å²) in [5, 5.41) is 10.2. The van der Waals surface area contributed by atoms with Crippen LogP contribution in [0.25, 0.3) is 0 Å². The van der Waals surface area contributed by atoms with Crippen molar-refractivity contribution >= 4 is 39.9 Å². The van der Waals surface area contributed by atoms with Gasteiger partial charge in [0.2, 0.25) is 0 Å². The second-order valence-corrected chi connectivity index (χ2v) is 5.41. The molecule has 1 aromatic carbocycles. The van der Waals surface area contributed by atoms with Crippen LogP contribution in [-0.2, 0) is 0 Å². The molecule has 15 heavy (non-hydrogen) atoms. The first kappa shape index (κ1) is 11.5. The van der Waals surface area contributed by atoms with Crippen LogP contribution in [0.5, 0.6) is 0 Å². The molecule has 2 nitrogen and oxygen atoms in total. The Hall–Kier alpha value is -0.000000000000000111. The van der Waals surface area contributed by atoms with E-state index in [9.17, 15) is 5.11 Å². The number of nitrogens with zero attached hydrogens (tertiary/aromatic N) is 1. The first-order chi connectivity index (χ1) is 7.16. The first-order valence-electron chi connectivity index (χ1n) is 5.05. The topological polar surface area (TPSA) is 23.5 Å². The van der Waals surface area contributed by atoms with E-state index in [1.54, 1.807) is 0 Å². The molecule has 2 rings (SSSR count). The predicted molar refractivity (Wildman–Crippen MR) is 71.6 cm³/mol. The highest BCUT2D eigenvalue weighted by molar-refractivity contribution is 14.1. The molecule has 0 aliphatic carbocycles. The Morgan fingerprint density at radius 3 is 2.67 bits per heavy atom. The van der Waals surface area contributed by atoms with Gasteiger partial charge in [0.05, 0.1) is 11.8 Å². The van der Waals surface area contributed by atoms with Crippen molar-refractivity contribution in [1.82, 2.24) is 0 Å². The van der Waals surface area contributed by atoms with Crippen molar-refractivity contribution in [3.8, 4) is 0 Å². The van der Waals surface area contributed by atoms with Gasteiger partial charge < -0.3 is 10.0 Å². The molecule has 0 unspecified atom stereocenters. The minimum atomic E-state index is -0.127. The van der Waals surface area contributed by atoms with Crippen LogP contribution in [0.1, 0.15) is 12.8 Å². The highest BCUT2D eigenvalue weighted by Crippen LogP contribution is 2.28. The molecule has 1 saturated heterocycles. The molecular weight excluding hydrogens is 324 g/mol. The van der Waals surface area contributed by atoms with Crippen LogP contribution in [0.4, 0.5) is 5.69 Å². The van der Waals surface area contributed by atoms with Crippen LogP contribution in [0, 0.1) is 3.57 Å². The fraction of sp³-hybridized carbons (Fsp3) is 0.455. The van der Waals surface area contributed by atoms with Crippen LogP contribution in [0.2, 0.25) is 5.02 Å².